The maximum absolute atomic E-state index is 12.0. The van der Waals surface area contributed by atoms with Crippen molar-refractivity contribution in [2.75, 3.05) is 25.3 Å². The zero-order valence-electron chi connectivity index (χ0n) is 13.4. The molecule has 124 valence electrons. The second-order valence-corrected chi connectivity index (χ2v) is 4.90. The first-order chi connectivity index (χ1) is 11.5. The van der Waals surface area contributed by atoms with Crippen LogP contribution in [0.15, 0.2) is 48.5 Å². The molecule has 0 radical (unpaired) electrons. The molecule has 2 aromatic rings. The first-order valence-electron chi connectivity index (χ1n) is 7.14. The summed E-state index contributed by atoms with van der Waals surface area (Å²) in [6.45, 7) is 0. The summed E-state index contributed by atoms with van der Waals surface area (Å²) in [6, 6.07) is 11.7. The molecule has 0 aromatic heterocycles. The van der Waals surface area contributed by atoms with Crippen LogP contribution in [0.3, 0.4) is 0 Å². The van der Waals surface area contributed by atoms with Gasteiger partial charge in [0.25, 0.3) is 0 Å². The predicted octanol–water partition coefficient (Wildman–Crippen LogP) is 2.72. The van der Waals surface area contributed by atoms with E-state index in [0.29, 0.717) is 22.7 Å². The lowest BCUT2D eigenvalue weighted by molar-refractivity contribution is -0.111. The minimum Gasteiger partial charge on any atom is -0.495 e. The van der Waals surface area contributed by atoms with Gasteiger partial charge in [-0.05, 0) is 42.0 Å². The molecule has 3 N–H and O–H groups in total. The molecule has 2 aromatic carbocycles. The van der Waals surface area contributed by atoms with E-state index in [4.69, 9.17) is 10.5 Å². The molecule has 0 saturated heterocycles. The van der Waals surface area contributed by atoms with Crippen LogP contribution in [0.5, 0.6) is 5.75 Å². The van der Waals surface area contributed by atoms with Crippen LogP contribution in [0, 0.1) is 0 Å². The van der Waals surface area contributed by atoms with Gasteiger partial charge in [-0.3, -0.25) is 4.79 Å². The van der Waals surface area contributed by atoms with Crippen LogP contribution < -0.4 is 15.8 Å². The molecule has 2 rings (SSSR count). The highest BCUT2D eigenvalue weighted by atomic mass is 16.5. The van der Waals surface area contributed by atoms with Gasteiger partial charge in [-0.1, -0.05) is 12.1 Å². The van der Waals surface area contributed by atoms with Crippen molar-refractivity contribution in [2.45, 2.75) is 0 Å². The topological polar surface area (TPSA) is 90.6 Å². The second kappa shape index (κ2) is 7.82. The number of hydrogen-bond donors (Lipinski definition) is 2. The zero-order chi connectivity index (χ0) is 17.5. The second-order valence-electron chi connectivity index (χ2n) is 4.90. The van der Waals surface area contributed by atoms with E-state index in [-0.39, 0.29) is 5.91 Å². The van der Waals surface area contributed by atoms with Gasteiger partial charge in [-0.25, -0.2) is 4.79 Å². The molecule has 1 amide bonds. The first kappa shape index (κ1) is 17.1. The highest BCUT2D eigenvalue weighted by Crippen LogP contribution is 2.22. The monoisotopic (exact) mass is 326 g/mol. The molecule has 0 aliphatic rings. The fraction of sp³-hybridized carbons (Fsp3) is 0.111. The first-order valence-corrected chi connectivity index (χ1v) is 7.14. The van der Waals surface area contributed by atoms with Crippen molar-refractivity contribution in [3.05, 3.63) is 59.7 Å². The summed E-state index contributed by atoms with van der Waals surface area (Å²) in [5.41, 5.74) is 7.94. The van der Waals surface area contributed by atoms with Gasteiger partial charge in [0.1, 0.15) is 5.75 Å². The van der Waals surface area contributed by atoms with E-state index in [1.165, 1.54) is 20.3 Å². The summed E-state index contributed by atoms with van der Waals surface area (Å²) in [6.07, 6.45) is 3.02. The maximum Gasteiger partial charge on any atom is 0.337 e. The Hall–Kier alpha value is -3.28. The lowest BCUT2D eigenvalue weighted by Gasteiger charge is -2.05. The molecule has 6 heteroatoms. The Labute approximate surface area is 139 Å². The number of ether oxygens (including phenoxy) is 2. The SMILES string of the molecule is COC(=O)c1cccc(NC(=O)/C=C\c2ccc(OC)c(N)c2)c1. The molecule has 0 aliphatic carbocycles. The number of methoxy groups -OCH3 is 2. The summed E-state index contributed by atoms with van der Waals surface area (Å²) in [5, 5.41) is 2.68. The van der Waals surface area contributed by atoms with Gasteiger partial charge in [-0.2, -0.15) is 0 Å². The minimum absolute atomic E-state index is 0.327. The predicted molar refractivity (Wildman–Crippen MR) is 92.9 cm³/mol. The molecule has 0 aliphatic heterocycles. The highest BCUT2D eigenvalue weighted by Gasteiger charge is 2.06. The van der Waals surface area contributed by atoms with E-state index in [1.807, 2.05) is 0 Å². The molecule has 0 spiro atoms. The third-order valence-electron chi connectivity index (χ3n) is 3.23. The van der Waals surface area contributed by atoms with Crippen LogP contribution in [0.25, 0.3) is 6.08 Å². The number of carbonyl (C=O) groups excluding carboxylic acids is 2. The maximum atomic E-state index is 12.0. The lowest BCUT2D eigenvalue weighted by Crippen LogP contribution is -2.09. The molecule has 24 heavy (non-hydrogen) atoms. The number of benzene rings is 2. The minimum atomic E-state index is -0.463. The fourth-order valence-corrected chi connectivity index (χ4v) is 2.05. The molecular formula is C18H18N2O4. The fourth-order valence-electron chi connectivity index (χ4n) is 2.05. The molecule has 0 saturated carbocycles. The molecule has 0 fully saturated rings. The normalized spacial score (nSPS) is 10.4. The Balaban J connectivity index is 2.05. The van der Waals surface area contributed by atoms with Gasteiger partial charge >= 0.3 is 5.97 Å². The van der Waals surface area contributed by atoms with E-state index >= 15 is 0 Å². The summed E-state index contributed by atoms with van der Waals surface area (Å²) in [7, 11) is 2.84. The highest BCUT2D eigenvalue weighted by molar-refractivity contribution is 6.02. The van der Waals surface area contributed by atoms with E-state index in [1.54, 1.807) is 48.5 Å². The summed E-state index contributed by atoms with van der Waals surface area (Å²) in [5.74, 6) is -0.210. The van der Waals surface area contributed by atoms with Crippen LogP contribution in [-0.4, -0.2) is 26.1 Å². The Morgan fingerprint density at radius 1 is 1.12 bits per heavy atom. The van der Waals surface area contributed by atoms with E-state index in [9.17, 15) is 9.59 Å². The number of nitrogens with two attached hydrogens (primary N) is 1. The molecule has 6 nitrogen and oxygen atoms in total. The van der Waals surface area contributed by atoms with Crippen molar-refractivity contribution in [2.24, 2.45) is 0 Å². The van der Waals surface area contributed by atoms with Gasteiger partial charge in [0.2, 0.25) is 5.91 Å². The van der Waals surface area contributed by atoms with Gasteiger partial charge in [0, 0.05) is 11.8 Å². The van der Waals surface area contributed by atoms with E-state index in [2.05, 4.69) is 10.1 Å². The van der Waals surface area contributed by atoms with Crippen molar-refractivity contribution in [1.29, 1.82) is 0 Å². The Morgan fingerprint density at radius 2 is 1.92 bits per heavy atom. The average Bonchev–Trinajstić information content (AvgIpc) is 2.59. The van der Waals surface area contributed by atoms with Crippen molar-refractivity contribution in [3.63, 3.8) is 0 Å². The van der Waals surface area contributed by atoms with Gasteiger partial charge in [-0.15, -0.1) is 0 Å². The molecular weight excluding hydrogens is 308 g/mol. The third kappa shape index (κ3) is 4.36. The number of esters is 1. The molecule has 0 bridgehead atoms. The number of amides is 1. The lowest BCUT2D eigenvalue weighted by atomic mass is 10.1. The van der Waals surface area contributed by atoms with Crippen molar-refractivity contribution in [1.82, 2.24) is 0 Å². The van der Waals surface area contributed by atoms with Gasteiger partial charge < -0.3 is 20.5 Å². The van der Waals surface area contributed by atoms with Crippen LogP contribution in [0.4, 0.5) is 11.4 Å². The number of rotatable bonds is 5. The Kier molecular flexibility index (Phi) is 5.57. The number of nitrogens with one attached hydrogen (secondary N) is 1. The number of nitrogen functional groups attached to an aromatic ring is 1. The quantitative estimate of drug-likeness (QED) is 0.501. The summed E-state index contributed by atoms with van der Waals surface area (Å²) in [4.78, 5) is 23.4. The van der Waals surface area contributed by atoms with Crippen LogP contribution >= 0.6 is 0 Å². The zero-order valence-corrected chi connectivity index (χ0v) is 13.4. The van der Waals surface area contributed by atoms with Crippen LogP contribution in [0.2, 0.25) is 0 Å². The number of anilines is 2. The van der Waals surface area contributed by atoms with Crippen LogP contribution in [0.1, 0.15) is 15.9 Å². The number of carbonyl (C=O) groups is 2. The Morgan fingerprint density at radius 3 is 2.58 bits per heavy atom. The third-order valence-corrected chi connectivity index (χ3v) is 3.23. The van der Waals surface area contributed by atoms with Crippen molar-refractivity contribution < 1.29 is 19.1 Å². The van der Waals surface area contributed by atoms with Gasteiger partial charge in [0.05, 0.1) is 25.5 Å². The Bertz CT molecular complexity index is 784. The molecule has 0 heterocycles. The van der Waals surface area contributed by atoms with Crippen molar-refractivity contribution in [3.8, 4) is 5.75 Å². The van der Waals surface area contributed by atoms with Crippen LogP contribution in [-0.2, 0) is 9.53 Å². The standard InChI is InChI=1S/C18H18N2O4/c1-23-16-8-6-12(10-15(16)19)7-9-17(21)20-14-5-3-4-13(11-14)18(22)24-2/h3-11H,19H2,1-2H3,(H,20,21)/b9-7-. The largest absolute Gasteiger partial charge is 0.495 e. The summed E-state index contributed by atoms with van der Waals surface area (Å²) >= 11 is 0. The van der Waals surface area contributed by atoms with E-state index < -0.39 is 5.97 Å². The number of hydrogen-bond acceptors (Lipinski definition) is 5. The van der Waals surface area contributed by atoms with Gasteiger partial charge in [0.15, 0.2) is 0 Å². The molecule has 0 unspecified atom stereocenters. The smallest absolute Gasteiger partial charge is 0.337 e. The summed E-state index contributed by atoms with van der Waals surface area (Å²) < 4.78 is 9.72. The van der Waals surface area contributed by atoms with E-state index in [0.717, 1.165) is 5.56 Å². The average molecular weight is 326 g/mol. The van der Waals surface area contributed by atoms with Crippen molar-refractivity contribution >= 4 is 29.3 Å². The molecule has 0 atom stereocenters.